The number of rotatable bonds is 6. The fourth-order valence-electron chi connectivity index (χ4n) is 1.33. The summed E-state index contributed by atoms with van der Waals surface area (Å²) < 4.78 is 27.6. The average molecular weight is 311 g/mol. The van der Waals surface area contributed by atoms with Crippen LogP contribution in [0.15, 0.2) is 23.1 Å². The van der Waals surface area contributed by atoms with Crippen LogP contribution < -0.4 is 4.74 Å². The van der Waals surface area contributed by atoms with Gasteiger partial charge in [-0.3, -0.25) is 4.79 Å². The summed E-state index contributed by atoms with van der Waals surface area (Å²) in [6.45, 7) is 2.06. The molecule has 0 aliphatic carbocycles. The van der Waals surface area contributed by atoms with E-state index in [1.807, 2.05) is 0 Å². The van der Waals surface area contributed by atoms with E-state index in [0.717, 1.165) is 0 Å². The SMILES string of the molecule is Cc1cc(S(=O)(=O)Cl)ccc1OCCCC(=O)Cl. The highest BCUT2D eigenvalue weighted by molar-refractivity contribution is 8.13. The highest BCUT2D eigenvalue weighted by atomic mass is 35.7. The molecule has 0 amide bonds. The summed E-state index contributed by atoms with van der Waals surface area (Å²) in [5.41, 5.74) is 0.661. The van der Waals surface area contributed by atoms with Gasteiger partial charge in [-0.05, 0) is 48.7 Å². The van der Waals surface area contributed by atoms with Crippen LogP contribution >= 0.6 is 22.3 Å². The fourth-order valence-corrected chi connectivity index (χ4v) is 2.30. The minimum Gasteiger partial charge on any atom is -0.493 e. The molecule has 18 heavy (non-hydrogen) atoms. The smallest absolute Gasteiger partial charge is 0.261 e. The molecule has 0 N–H and O–H groups in total. The third-order valence-electron chi connectivity index (χ3n) is 2.20. The van der Waals surface area contributed by atoms with Crippen molar-refractivity contribution in [3.05, 3.63) is 23.8 Å². The molecule has 7 heteroatoms. The van der Waals surface area contributed by atoms with Crippen LogP contribution in [0, 0.1) is 6.92 Å². The van der Waals surface area contributed by atoms with Crippen molar-refractivity contribution in [3.63, 3.8) is 0 Å². The molecule has 0 aromatic heterocycles. The zero-order valence-electron chi connectivity index (χ0n) is 9.65. The molecule has 0 bridgehead atoms. The van der Waals surface area contributed by atoms with Crippen molar-refractivity contribution in [2.24, 2.45) is 0 Å². The molecule has 0 unspecified atom stereocenters. The Morgan fingerprint density at radius 1 is 1.39 bits per heavy atom. The average Bonchev–Trinajstić information content (AvgIpc) is 2.24. The quantitative estimate of drug-likeness (QED) is 0.599. The molecule has 1 aromatic rings. The van der Waals surface area contributed by atoms with E-state index in [0.29, 0.717) is 24.3 Å². The summed E-state index contributed by atoms with van der Waals surface area (Å²) in [7, 11) is 1.50. The van der Waals surface area contributed by atoms with Gasteiger partial charge in [-0.1, -0.05) is 0 Å². The summed E-state index contributed by atoms with van der Waals surface area (Å²) in [5, 5.41) is -0.404. The van der Waals surface area contributed by atoms with Crippen LogP contribution in [-0.2, 0) is 13.8 Å². The van der Waals surface area contributed by atoms with Crippen LogP contribution in [0.1, 0.15) is 18.4 Å². The van der Waals surface area contributed by atoms with E-state index >= 15 is 0 Å². The van der Waals surface area contributed by atoms with Gasteiger partial charge in [0.05, 0.1) is 11.5 Å². The lowest BCUT2D eigenvalue weighted by molar-refractivity contribution is -0.111. The summed E-state index contributed by atoms with van der Waals surface area (Å²) >= 11 is 5.19. The third kappa shape index (κ3) is 4.84. The van der Waals surface area contributed by atoms with Crippen molar-refractivity contribution in [3.8, 4) is 5.75 Å². The molecular weight excluding hydrogens is 299 g/mol. The molecule has 4 nitrogen and oxygen atoms in total. The maximum Gasteiger partial charge on any atom is 0.261 e. The van der Waals surface area contributed by atoms with Gasteiger partial charge in [-0.25, -0.2) is 8.42 Å². The van der Waals surface area contributed by atoms with Crippen molar-refractivity contribution in [1.82, 2.24) is 0 Å². The molecule has 100 valence electrons. The first-order valence-corrected chi connectivity index (χ1v) is 7.86. The van der Waals surface area contributed by atoms with Crippen molar-refractivity contribution in [2.75, 3.05) is 6.61 Å². The number of halogens is 2. The van der Waals surface area contributed by atoms with E-state index in [-0.39, 0.29) is 11.3 Å². The molecule has 0 heterocycles. The fraction of sp³-hybridized carbons (Fsp3) is 0.364. The summed E-state index contributed by atoms with van der Waals surface area (Å²) in [4.78, 5) is 10.5. The first-order chi connectivity index (χ1) is 8.30. The minimum atomic E-state index is -3.72. The van der Waals surface area contributed by atoms with Gasteiger partial charge in [0.15, 0.2) is 0 Å². The number of hydrogen-bond donors (Lipinski definition) is 0. The second-order valence-corrected chi connectivity index (χ2v) is 6.66. The Hall–Kier alpha value is -0.780. The van der Waals surface area contributed by atoms with Gasteiger partial charge < -0.3 is 4.74 Å². The second kappa shape index (κ2) is 6.41. The molecule has 0 atom stereocenters. The summed E-state index contributed by atoms with van der Waals surface area (Å²) in [6, 6.07) is 4.34. The number of carbonyl (C=O) groups is 1. The largest absolute Gasteiger partial charge is 0.493 e. The second-order valence-electron chi connectivity index (χ2n) is 3.67. The summed E-state index contributed by atoms with van der Waals surface area (Å²) in [5.74, 6) is 0.557. The predicted molar refractivity (Wildman–Crippen MR) is 69.8 cm³/mol. The van der Waals surface area contributed by atoms with Gasteiger partial charge in [-0.2, -0.15) is 0 Å². The Kier molecular flexibility index (Phi) is 5.44. The van der Waals surface area contributed by atoms with Crippen LogP contribution in [0.25, 0.3) is 0 Å². The molecule has 1 aromatic carbocycles. The molecular formula is C11H12Cl2O4S. The summed E-state index contributed by atoms with van der Waals surface area (Å²) in [6.07, 6.45) is 0.756. The molecule has 0 spiro atoms. The first-order valence-electron chi connectivity index (χ1n) is 5.17. The zero-order chi connectivity index (χ0) is 13.8. The first kappa shape index (κ1) is 15.3. The molecule has 0 fully saturated rings. The van der Waals surface area contributed by atoms with Crippen LogP contribution in [0.2, 0.25) is 0 Å². The van der Waals surface area contributed by atoms with Crippen LogP contribution in [-0.4, -0.2) is 20.3 Å². The predicted octanol–water partition coefficient (Wildman–Crippen LogP) is 2.85. The van der Waals surface area contributed by atoms with Gasteiger partial charge in [0.1, 0.15) is 5.75 Å². The van der Waals surface area contributed by atoms with Gasteiger partial charge in [0, 0.05) is 17.1 Å². The monoisotopic (exact) mass is 310 g/mol. The lowest BCUT2D eigenvalue weighted by Gasteiger charge is -2.09. The molecule has 1 rings (SSSR count). The van der Waals surface area contributed by atoms with Crippen molar-refractivity contribution >= 4 is 36.6 Å². The number of aryl methyl sites for hydroxylation is 1. The van der Waals surface area contributed by atoms with Gasteiger partial charge in [-0.15, -0.1) is 0 Å². The van der Waals surface area contributed by atoms with Crippen LogP contribution in [0.4, 0.5) is 0 Å². The number of hydrogen-bond acceptors (Lipinski definition) is 4. The highest BCUT2D eigenvalue weighted by Gasteiger charge is 2.11. The molecule has 0 radical (unpaired) electrons. The molecule has 0 aliphatic heterocycles. The van der Waals surface area contributed by atoms with E-state index in [2.05, 4.69) is 0 Å². The standard InChI is InChI=1S/C11H12Cl2O4S/c1-8-7-9(18(13,15)16)4-5-10(8)17-6-2-3-11(12)14/h4-5,7H,2-3,6H2,1H3. The van der Waals surface area contributed by atoms with E-state index in [1.54, 1.807) is 6.92 Å². The van der Waals surface area contributed by atoms with E-state index in [1.165, 1.54) is 18.2 Å². The van der Waals surface area contributed by atoms with Crippen molar-refractivity contribution < 1.29 is 17.9 Å². The maximum atomic E-state index is 11.1. The Bertz CT molecular complexity index is 540. The van der Waals surface area contributed by atoms with Crippen LogP contribution in [0.3, 0.4) is 0 Å². The Labute approximate surface area is 115 Å². The minimum absolute atomic E-state index is 0.0324. The lowest BCUT2D eigenvalue weighted by atomic mass is 10.2. The maximum absolute atomic E-state index is 11.1. The molecule has 0 saturated heterocycles. The highest BCUT2D eigenvalue weighted by Crippen LogP contribution is 2.24. The van der Waals surface area contributed by atoms with E-state index in [4.69, 9.17) is 27.0 Å². The Morgan fingerprint density at radius 3 is 2.56 bits per heavy atom. The third-order valence-corrected chi connectivity index (χ3v) is 3.74. The van der Waals surface area contributed by atoms with Gasteiger partial charge in [0.25, 0.3) is 9.05 Å². The Balaban J connectivity index is 2.66. The number of benzene rings is 1. The van der Waals surface area contributed by atoms with Crippen molar-refractivity contribution in [2.45, 2.75) is 24.7 Å². The van der Waals surface area contributed by atoms with Gasteiger partial charge in [0.2, 0.25) is 5.24 Å². The molecule has 0 aliphatic rings. The Morgan fingerprint density at radius 2 is 2.06 bits per heavy atom. The van der Waals surface area contributed by atoms with E-state index in [9.17, 15) is 13.2 Å². The normalized spacial score (nSPS) is 11.3. The van der Waals surface area contributed by atoms with Gasteiger partial charge >= 0.3 is 0 Å². The van der Waals surface area contributed by atoms with E-state index < -0.39 is 14.3 Å². The molecule has 0 saturated carbocycles. The zero-order valence-corrected chi connectivity index (χ0v) is 12.0. The van der Waals surface area contributed by atoms with Crippen LogP contribution in [0.5, 0.6) is 5.75 Å². The lowest BCUT2D eigenvalue weighted by Crippen LogP contribution is -2.01. The topological polar surface area (TPSA) is 60.4 Å². The number of ether oxygens (including phenoxy) is 1. The van der Waals surface area contributed by atoms with Crippen molar-refractivity contribution in [1.29, 1.82) is 0 Å². The number of carbonyl (C=O) groups excluding carboxylic acids is 1.